The fourth-order valence-electron chi connectivity index (χ4n) is 2.54. The third kappa shape index (κ3) is 3.51. The second-order valence-corrected chi connectivity index (χ2v) is 7.94. The van der Waals surface area contributed by atoms with Gasteiger partial charge in [0.2, 0.25) is 0 Å². The summed E-state index contributed by atoms with van der Waals surface area (Å²) in [5, 5.41) is 0. The Labute approximate surface area is 125 Å². The van der Waals surface area contributed by atoms with E-state index in [9.17, 15) is 13.2 Å². The van der Waals surface area contributed by atoms with E-state index in [4.69, 9.17) is 4.74 Å². The number of ketones is 1. The number of benzene rings is 1. The van der Waals surface area contributed by atoms with Gasteiger partial charge in [-0.1, -0.05) is 30.3 Å². The highest BCUT2D eigenvalue weighted by Crippen LogP contribution is 2.28. The van der Waals surface area contributed by atoms with Crippen LogP contribution in [0.3, 0.4) is 0 Å². The number of hydrogen-bond acceptors (Lipinski definition) is 5. The van der Waals surface area contributed by atoms with Crippen LogP contribution in [0.5, 0.6) is 0 Å². The fourth-order valence-corrected chi connectivity index (χ4v) is 3.58. The Bertz CT molecular complexity index is 593. The summed E-state index contributed by atoms with van der Waals surface area (Å²) in [6.45, 7) is 3.65. The van der Waals surface area contributed by atoms with Crippen LogP contribution in [0.1, 0.15) is 23.7 Å². The molecule has 0 bridgehead atoms. The lowest BCUT2D eigenvalue weighted by molar-refractivity contribution is 0.00779. The third-order valence-corrected chi connectivity index (χ3v) is 6.06. The van der Waals surface area contributed by atoms with Crippen molar-refractivity contribution >= 4 is 15.6 Å². The van der Waals surface area contributed by atoms with Gasteiger partial charge in [-0.15, -0.1) is 0 Å². The minimum Gasteiger partial charge on any atom is -0.379 e. The molecule has 5 nitrogen and oxygen atoms in total. The summed E-state index contributed by atoms with van der Waals surface area (Å²) in [4.78, 5) is 13.1. The van der Waals surface area contributed by atoms with Crippen LogP contribution in [0.4, 0.5) is 0 Å². The zero-order chi connectivity index (χ0) is 15.5. The lowest BCUT2D eigenvalue weighted by atomic mass is 10.0. The Hall–Kier alpha value is -1.24. The van der Waals surface area contributed by atoms with E-state index in [0.717, 1.165) is 0 Å². The summed E-state index contributed by atoms with van der Waals surface area (Å²) in [6.07, 6.45) is 1.15. The molecule has 1 aliphatic heterocycles. The van der Waals surface area contributed by atoms with Gasteiger partial charge in [-0.2, -0.15) is 0 Å². The summed E-state index contributed by atoms with van der Waals surface area (Å²) >= 11 is 0. The van der Waals surface area contributed by atoms with Crippen molar-refractivity contribution in [1.29, 1.82) is 0 Å². The predicted octanol–water partition coefficient (Wildman–Crippen LogP) is 1.35. The lowest BCUT2D eigenvalue weighted by Gasteiger charge is -2.41. The van der Waals surface area contributed by atoms with Crippen LogP contribution < -0.4 is 0 Å². The van der Waals surface area contributed by atoms with E-state index in [1.54, 1.807) is 31.2 Å². The molecule has 1 aromatic carbocycles. The minimum absolute atomic E-state index is 0.0458. The van der Waals surface area contributed by atoms with Crippen molar-refractivity contribution in [1.82, 2.24) is 4.90 Å². The van der Waals surface area contributed by atoms with E-state index < -0.39 is 14.7 Å². The standard InChI is InChI=1S/C15H21NO4S/c1-15(21(2,18)19,16-8-10-20-11-9-16)12-14(17)13-6-4-3-5-7-13/h3-7H,8-12H2,1-2H3. The number of rotatable bonds is 5. The number of sulfone groups is 1. The number of carbonyl (C=O) groups is 1. The molecule has 0 aliphatic carbocycles. The fraction of sp³-hybridized carbons (Fsp3) is 0.533. The van der Waals surface area contributed by atoms with E-state index >= 15 is 0 Å². The lowest BCUT2D eigenvalue weighted by Crippen LogP contribution is -2.56. The normalized spacial score (nSPS) is 19.9. The van der Waals surface area contributed by atoms with Crippen molar-refractivity contribution in [3.8, 4) is 0 Å². The first-order valence-corrected chi connectivity index (χ1v) is 8.84. The van der Waals surface area contributed by atoms with E-state index in [1.807, 2.05) is 11.0 Å². The number of morpholine rings is 1. The van der Waals surface area contributed by atoms with Gasteiger partial charge in [-0.05, 0) is 6.92 Å². The molecule has 1 aromatic rings. The van der Waals surface area contributed by atoms with Crippen molar-refractivity contribution in [3.05, 3.63) is 35.9 Å². The molecule has 6 heteroatoms. The molecule has 1 fully saturated rings. The number of carbonyl (C=O) groups excluding carboxylic acids is 1. The summed E-state index contributed by atoms with van der Waals surface area (Å²) in [5.74, 6) is -0.157. The monoisotopic (exact) mass is 311 g/mol. The van der Waals surface area contributed by atoms with Gasteiger partial charge in [0.15, 0.2) is 15.6 Å². The van der Waals surface area contributed by atoms with E-state index in [0.29, 0.717) is 31.9 Å². The molecule has 0 saturated carbocycles. The van der Waals surface area contributed by atoms with E-state index in [1.165, 1.54) is 6.26 Å². The predicted molar refractivity (Wildman–Crippen MR) is 81.0 cm³/mol. The van der Waals surface area contributed by atoms with Crippen LogP contribution in [-0.2, 0) is 14.6 Å². The van der Waals surface area contributed by atoms with Gasteiger partial charge in [0, 0.05) is 31.3 Å². The molecule has 0 radical (unpaired) electrons. The molecule has 1 aliphatic rings. The third-order valence-electron chi connectivity index (χ3n) is 4.06. The topological polar surface area (TPSA) is 63.7 Å². The molecule has 0 amide bonds. The van der Waals surface area contributed by atoms with Gasteiger partial charge in [0.25, 0.3) is 0 Å². The second-order valence-electron chi connectivity index (χ2n) is 5.51. The molecule has 1 unspecified atom stereocenters. The number of ether oxygens (including phenoxy) is 1. The molecule has 21 heavy (non-hydrogen) atoms. The summed E-state index contributed by atoms with van der Waals surface area (Å²) < 4.78 is 29.8. The van der Waals surface area contributed by atoms with Crippen LogP contribution in [0.25, 0.3) is 0 Å². The van der Waals surface area contributed by atoms with Crippen molar-refractivity contribution in [2.45, 2.75) is 18.2 Å². The molecular weight excluding hydrogens is 290 g/mol. The molecule has 0 N–H and O–H groups in total. The molecule has 1 saturated heterocycles. The Morgan fingerprint density at radius 1 is 1.24 bits per heavy atom. The first-order valence-electron chi connectivity index (χ1n) is 6.95. The highest BCUT2D eigenvalue weighted by Gasteiger charge is 2.43. The molecule has 1 atom stereocenters. The molecule has 2 rings (SSSR count). The summed E-state index contributed by atoms with van der Waals surface area (Å²) in [6, 6.07) is 8.81. The first kappa shape index (κ1) is 16.1. The minimum atomic E-state index is -3.42. The van der Waals surface area contributed by atoms with Gasteiger partial charge in [-0.25, -0.2) is 8.42 Å². The Morgan fingerprint density at radius 3 is 2.33 bits per heavy atom. The molecule has 0 aromatic heterocycles. The highest BCUT2D eigenvalue weighted by molar-refractivity contribution is 7.92. The maximum atomic E-state index is 12.4. The molecule has 116 valence electrons. The average molecular weight is 311 g/mol. The van der Waals surface area contributed by atoms with Gasteiger partial charge in [-0.3, -0.25) is 9.69 Å². The highest BCUT2D eigenvalue weighted by atomic mass is 32.2. The van der Waals surface area contributed by atoms with E-state index in [-0.39, 0.29) is 12.2 Å². The summed E-state index contributed by atoms with van der Waals surface area (Å²) in [5.41, 5.74) is 0.542. The number of nitrogens with zero attached hydrogens (tertiary/aromatic N) is 1. The Balaban J connectivity index is 2.27. The van der Waals surface area contributed by atoms with Crippen LogP contribution >= 0.6 is 0 Å². The summed E-state index contributed by atoms with van der Waals surface area (Å²) in [7, 11) is -3.42. The Morgan fingerprint density at radius 2 is 1.81 bits per heavy atom. The van der Waals surface area contributed by atoms with Gasteiger partial charge in [0.1, 0.15) is 4.87 Å². The van der Waals surface area contributed by atoms with Crippen LogP contribution in [0.2, 0.25) is 0 Å². The van der Waals surface area contributed by atoms with Crippen LogP contribution in [-0.4, -0.2) is 56.5 Å². The molecule has 0 spiro atoms. The zero-order valence-corrected chi connectivity index (χ0v) is 13.2. The number of hydrogen-bond donors (Lipinski definition) is 0. The van der Waals surface area contributed by atoms with E-state index in [2.05, 4.69) is 0 Å². The number of Topliss-reactive ketones (excluding diaryl/α,β-unsaturated/α-hetero) is 1. The van der Waals surface area contributed by atoms with Crippen molar-refractivity contribution in [3.63, 3.8) is 0 Å². The van der Waals surface area contributed by atoms with Crippen LogP contribution in [0.15, 0.2) is 30.3 Å². The molecule has 1 heterocycles. The average Bonchev–Trinajstić information content (AvgIpc) is 2.47. The van der Waals surface area contributed by atoms with Crippen molar-refractivity contribution < 1.29 is 17.9 Å². The van der Waals surface area contributed by atoms with Gasteiger partial charge in [0.05, 0.1) is 13.2 Å². The van der Waals surface area contributed by atoms with Gasteiger partial charge < -0.3 is 4.74 Å². The quantitative estimate of drug-likeness (QED) is 0.768. The molecular formula is C15H21NO4S. The second kappa shape index (κ2) is 6.25. The smallest absolute Gasteiger partial charge is 0.166 e. The first-order chi connectivity index (χ1) is 9.84. The Kier molecular flexibility index (Phi) is 4.81. The van der Waals surface area contributed by atoms with Gasteiger partial charge >= 0.3 is 0 Å². The zero-order valence-electron chi connectivity index (χ0n) is 12.4. The maximum Gasteiger partial charge on any atom is 0.166 e. The van der Waals surface area contributed by atoms with Crippen molar-refractivity contribution in [2.24, 2.45) is 0 Å². The van der Waals surface area contributed by atoms with Crippen molar-refractivity contribution in [2.75, 3.05) is 32.6 Å². The van der Waals surface area contributed by atoms with Crippen LogP contribution in [0, 0.1) is 0 Å². The maximum absolute atomic E-state index is 12.4. The SMILES string of the molecule is CC(CC(=O)c1ccccc1)(N1CCOCC1)S(C)(=O)=O. The largest absolute Gasteiger partial charge is 0.379 e.